The molecule has 0 bridgehead atoms. The lowest BCUT2D eigenvalue weighted by Gasteiger charge is -2.39. The Bertz CT molecular complexity index is 892. The smallest absolute Gasteiger partial charge is 0.240 e. The number of piperazine rings is 1. The van der Waals surface area contributed by atoms with Crippen LogP contribution < -0.4 is 10.2 Å². The Hall–Kier alpha value is -1.83. The van der Waals surface area contributed by atoms with Crippen molar-refractivity contribution in [2.45, 2.75) is 25.4 Å². The van der Waals surface area contributed by atoms with Crippen molar-refractivity contribution in [1.82, 2.24) is 20.1 Å². The van der Waals surface area contributed by atoms with Crippen LogP contribution in [0.5, 0.6) is 0 Å². The summed E-state index contributed by atoms with van der Waals surface area (Å²) in [5.74, 6) is 2.24. The lowest BCUT2D eigenvalue weighted by Crippen LogP contribution is -2.51. The van der Waals surface area contributed by atoms with Crippen molar-refractivity contribution in [2.24, 2.45) is 0 Å². The van der Waals surface area contributed by atoms with Crippen molar-refractivity contribution >= 4 is 34.3 Å². The van der Waals surface area contributed by atoms with Crippen molar-refractivity contribution in [1.29, 1.82) is 0 Å². The fourth-order valence-corrected chi connectivity index (χ4v) is 5.82. The fraction of sp³-hybridized carbons (Fsp3) is 0.545. The number of thioether (sulfide) groups is 1. The van der Waals surface area contributed by atoms with E-state index in [0.717, 1.165) is 68.5 Å². The number of pyridine rings is 1. The molecule has 1 N–H and O–H groups in total. The average molecular weight is 412 g/mol. The molecule has 0 saturated carbocycles. The Morgan fingerprint density at radius 2 is 2.00 bits per heavy atom. The number of amides is 1. The molecule has 154 valence electrons. The molecular formula is C22H29N5OS. The molecule has 3 fully saturated rings. The maximum absolute atomic E-state index is 12.7. The molecule has 29 heavy (non-hydrogen) atoms. The Labute approximate surface area is 176 Å². The Morgan fingerprint density at radius 1 is 1.17 bits per heavy atom. The predicted molar refractivity (Wildman–Crippen MR) is 119 cm³/mol. The van der Waals surface area contributed by atoms with E-state index in [2.05, 4.69) is 57.4 Å². The molecule has 4 heterocycles. The Balaban J connectivity index is 1.22. The van der Waals surface area contributed by atoms with Gasteiger partial charge in [0.15, 0.2) is 0 Å². The number of hydrogen-bond donors (Lipinski definition) is 1. The van der Waals surface area contributed by atoms with Crippen LogP contribution in [0.4, 0.5) is 5.69 Å². The van der Waals surface area contributed by atoms with Crippen LogP contribution in [-0.2, 0) is 4.79 Å². The van der Waals surface area contributed by atoms with Gasteiger partial charge >= 0.3 is 0 Å². The van der Waals surface area contributed by atoms with Crippen molar-refractivity contribution < 1.29 is 4.79 Å². The van der Waals surface area contributed by atoms with Gasteiger partial charge in [-0.2, -0.15) is 0 Å². The molecule has 6 nitrogen and oxygen atoms in total. The quantitative estimate of drug-likeness (QED) is 0.833. The van der Waals surface area contributed by atoms with Crippen LogP contribution in [0, 0.1) is 6.92 Å². The number of para-hydroxylation sites is 1. The molecule has 0 spiro atoms. The first-order chi connectivity index (χ1) is 14.2. The first-order valence-electron chi connectivity index (χ1n) is 10.6. The molecule has 0 aliphatic carbocycles. The zero-order valence-electron chi connectivity index (χ0n) is 17.0. The number of aryl methyl sites for hydroxylation is 1. The maximum Gasteiger partial charge on any atom is 0.240 e. The highest BCUT2D eigenvalue weighted by Crippen LogP contribution is 2.28. The summed E-state index contributed by atoms with van der Waals surface area (Å²) in [7, 11) is 0. The number of fused-ring (bicyclic) bond motifs is 1. The second-order valence-electron chi connectivity index (χ2n) is 8.31. The highest BCUT2D eigenvalue weighted by Gasteiger charge is 2.36. The normalized spacial score (nSPS) is 25.8. The number of hydrogen-bond acceptors (Lipinski definition) is 6. The minimum atomic E-state index is 0.00326. The van der Waals surface area contributed by atoms with E-state index in [9.17, 15) is 4.79 Å². The van der Waals surface area contributed by atoms with Crippen molar-refractivity contribution in [2.75, 3.05) is 55.8 Å². The van der Waals surface area contributed by atoms with E-state index in [1.54, 1.807) is 0 Å². The van der Waals surface area contributed by atoms with Gasteiger partial charge in [-0.15, -0.1) is 11.8 Å². The minimum Gasteiger partial charge on any atom is -0.368 e. The summed E-state index contributed by atoms with van der Waals surface area (Å²) >= 11 is 1.85. The molecule has 3 aliphatic heterocycles. The van der Waals surface area contributed by atoms with E-state index >= 15 is 0 Å². The summed E-state index contributed by atoms with van der Waals surface area (Å²) in [6.07, 6.45) is 0.942. The zero-order valence-corrected chi connectivity index (χ0v) is 17.8. The number of benzene rings is 1. The van der Waals surface area contributed by atoms with Gasteiger partial charge in [-0.05, 0) is 25.5 Å². The van der Waals surface area contributed by atoms with Gasteiger partial charge in [-0.3, -0.25) is 14.7 Å². The molecular weight excluding hydrogens is 382 g/mol. The number of aromatic nitrogens is 1. The summed E-state index contributed by atoms with van der Waals surface area (Å²) in [6.45, 7) is 8.03. The fourth-order valence-electron chi connectivity index (χ4n) is 4.87. The number of anilines is 1. The van der Waals surface area contributed by atoms with E-state index in [0.29, 0.717) is 11.9 Å². The summed E-state index contributed by atoms with van der Waals surface area (Å²) < 4.78 is 0. The number of nitrogens with one attached hydrogen (secondary N) is 1. The van der Waals surface area contributed by atoms with Crippen LogP contribution in [0.25, 0.3) is 10.9 Å². The largest absolute Gasteiger partial charge is 0.368 e. The third-order valence-electron chi connectivity index (χ3n) is 6.46. The average Bonchev–Trinajstić information content (AvgIpc) is 3.45. The second-order valence-corrected chi connectivity index (χ2v) is 9.39. The van der Waals surface area contributed by atoms with Gasteiger partial charge in [0.2, 0.25) is 5.91 Å². The van der Waals surface area contributed by atoms with Crippen LogP contribution in [-0.4, -0.2) is 83.7 Å². The molecule has 2 aromatic rings. The minimum absolute atomic E-state index is 0.00326. The molecule has 1 aromatic carbocycles. The summed E-state index contributed by atoms with van der Waals surface area (Å²) in [4.78, 5) is 24.5. The number of nitrogens with zero attached hydrogens (tertiary/aromatic N) is 4. The van der Waals surface area contributed by atoms with Crippen LogP contribution in [0.15, 0.2) is 30.3 Å². The highest BCUT2D eigenvalue weighted by molar-refractivity contribution is 7.99. The van der Waals surface area contributed by atoms with Gasteiger partial charge in [0.05, 0.1) is 17.4 Å². The van der Waals surface area contributed by atoms with Crippen LogP contribution >= 0.6 is 11.8 Å². The van der Waals surface area contributed by atoms with Gasteiger partial charge in [-0.25, -0.2) is 0 Å². The summed E-state index contributed by atoms with van der Waals surface area (Å²) in [5, 5.41) is 4.73. The highest BCUT2D eigenvalue weighted by atomic mass is 32.2. The van der Waals surface area contributed by atoms with Crippen LogP contribution in [0.2, 0.25) is 0 Å². The lowest BCUT2D eigenvalue weighted by molar-refractivity contribution is -0.131. The third-order valence-corrected chi connectivity index (χ3v) is 7.43. The van der Waals surface area contributed by atoms with Gasteiger partial charge in [0.25, 0.3) is 0 Å². The Kier molecular flexibility index (Phi) is 5.37. The molecule has 0 unspecified atom stereocenters. The van der Waals surface area contributed by atoms with E-state index in [4.69, 9.17) is 0 Å². The van der Waals surface area contributed by atoms with Crippen LogP contribution in [0.1, 0.15) is 12.1 Å². The molecule has 1 aromatic heterocycles. The van der Waals surface area contributed by atoms with Crippen molar-refractivity contribution in [3.63, 3.8) is 0 Å². The van der Waals surface area contributed by atoms with Gasteiger partial charge in [0.1, 0.15) is 0 Å². The third kappa shape index (κ3) is 3.83. The van der Waals surface area contributed by atoms with Crippen molar-refractivity contribution in [3.05, 3.63) is 36.0 Å². The molecule has 1 amide bonds. The van der Waals surface area contributed by atoms with E-state index in [1.165, 1.54) is 11.1 Å². The first-order valence-corrected chi connectivity index (χ1v) is 11.8. The predicted octanol–water partition coefficient (Wildman–Crippen LogP) is 1.93. The van der Waals surface area contributed by atoms with Crippen molar-refractivity contribution in [3.8, 4) is 0 Å². The molecule has 2 atom stereocenters. The lowest BCUT2D eigenvalue weighted by atomic mass is 10.1. The first kappa shape index (κ1) is 19.2. The SMILES string of the molecule is Cc1cc(N2CCN([C@@H]3CN[C@H](C(=O)N4CCSC4)C3)CC2)c2ccccc2n1. The van der Waals surface area contributed by atoms with E-state index in [-0.39, 0.29) is 6.04 Å². The standard InChI is InChI=1S/C22H29N5OS/c1-16-12-21(18-4-2-3-5-19(18)24-16)26-8-6-25(7-9-26)17-13-20(23-14-17)22(28)27-10-11-29-15-27/h2-5,12,17,20,23H,6-11,13-15H2,1H3/t17-,20-/m0/s1. The summed E-state index contributed by atoms with van der Waals surface area (Å²) in [6, 6.07) is 11.1. The summed E-state index contributed by atoms with van der Waals surface area (Å²) in [5.41, 5.74) is 3.45. The van der Waals surface area contributed by atoms with E-state index in [1.807, 2.05) is 16.7 Å². The maximum atomic E-state index is 12.7. The second kappa shape index (κ2) is 8.13. The molecule has 0 radical (unpaired) electrons. The molecule has 5 rings (SSSR count). The van der Waals surface area contributed by atoms with Crippen LogP contribution in [0.3, 0.4) is 0 Å². The van der Waals surface area contributed by atoms with Gasteiger partial charge < -0.3 is 15.1 Å². The molecule has 3 saturated heterocycles. The topological polar surface area (TPSA) is 51.7 Å². The zero-order chi connectivity index (χ0) is 19.8. The van der Waals surface area contributed by atoms with E-state index < -0.39 is 0 Å². The number of carbonyl (C=O) groups is 1. The van der Waals surface area contributed by atoms with Gasteiger partial charge in [0, 0.05) is 67.8 Å². The number of rotatable bonds is 3. The Morgan fingerprint density at radius 3 is 2.79 bits per heavy atom. The van der Waals surface area contributed by atoms with Gasteiger partial charge in [-0.1, -0.05) is 18.2 Å². The monoisotopic (exact) mass is 411 g/mol. The number of carbonyl (C=O) groups excluding carboxylic acids is 1. The molecule has 7 heteroatoms. The molecule has 3 aliphatic rings.